The highest BCUT2D eigenvalue weighted by atomic mass is 15.3. The Morgan fingerprint density at radius 3 is 2.73 bits per heavy atom. The van der Waals surface area contributed by atoms with E-state index in [1.165, 1.54) is 32.1 Å². The van der Waals surface area contributed by atoms with E-state index >= 15 is 0 Å². The number of rotatable bonds is 4. The molecule has 1 fully saturated rings. The number of nitrogen functional groups attached to an aromatic ring is 1. The van der Waals surface area contributed by atoms with Gasteiger partial charge < -0.3 is 11.1 Å². The summed E-state index contributed by atoms with van der Waals surface area (Å²) >= 11 is 0. The monoisotopic (exact) mass is 209 g/mol. The van der Waals surface area contributed by atoms with Crippen LogP contribution in [0.5, 0.6) is 0 Å². The smallest absolute Gasteiger partial charge is 0.243 e. The van der Waals surface area contributed by atoms with Gasteiger partial charge >= 0.3 is 0 Å². The molecular weight excluding hydrogens is 190 g/mol. The van der Waals surface area contributed by atoms with Gasteiger partial charge in [0.25, 0.3) is 0 Å². The van der Waals surface area contributed by atoms with Gasteiger partial charge in [-0.15, -0.1) is 5.10 Å². The first kappa shape index (κ1) is 10.3. The zero-order chi connectivity index (χ0) is 10.7. The van der Waals surface area contributed by atoms with E-state index in [9.17, 15) is 0 Å². The van der Waals surface area contributed by atoms with Crippen LogP contribution in [-0.4, -0.2) is 21.7 Å². The van der Waals surface area contributed by atoms with E-state index in [1.54, 1.807) is 0 Å². The van der Waals surface area contributed by atoms with Crippen molar-refractivity contribution in [3.63, 3.8) is 0 Å². The molecule has 0 unspecified atom stereocenters. The van der Waals surface area contributed by atoms with Gasteiger partial charge in [-0.3, -0.25) is 0 Å². The van der Waals surface area contributed by atoms with Crippen LogP contribution < -0.4 is 11.1 Å². The lowest BCUT2D eigenvalue weighted by molar-refractivity contribution is 0.306. The van der Waals surface area contributed by atoms with Crippen molar-refractivity contribution >= 4 is 11.9 Å². The van der Waals surface area contributed by atoms with Crippen LogP contribution in [0.1, 0.15) is 39.0 Å². The molecule has 1 saturated carbocycles. The average Bonchev–Trinajstić information content (AvgIpc) is 2.85. The number of nitrogens with zero attached hydrogens (tertiary/aromatic N) is 2. The second kappa shape index (κ2) is 4.08. The largest absolute Gasteiger partial charge is 0.368 e. The zero-order valence-corrected chi connectivity index (χ0v) is 9.21. The van der Waals surface area contributed by atoms with Crippen LogP contribution in [0.3, 0.4) is 0 Å². The van der Waals surface area contributed by atoms with Crippen molar-refractivity contribution in [2.45, 2.75) is 39.0 Å². The molecular formula is C10H19N5. The number of H-pyrrole nitrogens is 1. The number of nitrogens with one attached hydrogen (secondary N) is 2. The maximum Gasteiger partial charge on any atom is 0.243 e. The van der Waals surface area contributed by atoms with Crippen molar-refractivity contribution in [2.24, 2.45) is 5.41 Å². The molecule has 15 heavy (non-hydrogen) atoms. The van der Waals surface area contributed by atoms with Crippen molar-refractivity contribution in [3.05, 3.63) is 0 Å². The minimum Gasteiger partial charge on any atom is -0.368 e. The molecule has 1 aliphatic carbocycles. The summed E-state index contributed by atoms with van der Waals surface area (Å²) in [7, 11) is 0. The molecule has 5 nitrogen and oxygen atoms in total. The maximum atomic E-state index is 5.46. The van der Waals surface area contributed by atoms with E-state index in [1.807, 2.05) is 0 Å². The third-order valence-corrected chi connectivity index (χ3v) is 3.54. The topological polar surface area (TPSA) is 79.6 Å². The van der Waals surface area contributed by atoms with Crippen LogP contribution in [0, 0.1) is 5.41 Å². The number of aromatic amines is 1. The maximum absolute atomic E-state index is 5.46. The van der Waals surface area contributed by atoms with Crippen LogP contribution in [-0.2, 0) is 0 Å². The Bertz CT molecular complexity index is 313. The van der Waals surface area contributed by atoms with Gasteiger partial charge in [-0.1, -0.05) is 19.8 Å². The van der Waals surface area contributed by atoms with Gasteiger partial charge in [0.2, 0.25) is 11.9 Å². The van der Waals surface area contributed by atoms with Gasteiger partial charge in [0, 0.05) is 6.54 Å². The van der Waals surface area contributed by atoms with E-state index in [0.29, 0.717) is 17.3 Å². The summed E-state index contributed by atoms with van der Waals surface area (Å²) in [6.07, 6.45) is 6.56. The zero-order valence-electron chi connectivity index (χ0n) is 9.21. The average molecular weight is 209 g/mol. The molecule has 0 radical (unpaired) electrons. The molecule has 0 saturated heterocycles. The molecule has 0 amide bonds. The van der Waals surface area contributed by atoms with Crippen molar-refractivity contribution < 1.29 is 0 Å². The van der Waals surface area contributed by atoms with Gasteiger partial charge in [-0.05, 0) is 24.7 Å². The number of nitrogens with two attached hydrogens (primary N) is 1. The highest BCUT2D eigenvalue weighted by Gasteiger charge is 2.31. The first-order chi connectivity index (χ1) is 7.24. The third kappa shape index (κ3) is 2.22. The predicted octanol–water partition coefficient (Wildman–Crippen LogP) is 1.77. The van der Waals surface area contributed by atoms with Crippen LogP contribution >= 0.6 is 0 Å². The molecule has 0 aromatic carbocycles. The first-order valence-corrected chi connectivity index (χ1v) is 5.66. The van der Waals surface area contributed by atoms with Gasteiger partial charge in [-0.25, -0.2) is 5.10 Å². The van der Waals surface area contributed by atoms with Gasteiger partial charge in [0.05, 0.1) is 0 Å². The molecule has 1 aromatic rings. The Balaban J connectivity index is 1.91. The summed E-state index contributed by atoms with van der Waals surface area (Å²) in [6, 6.07) is 0. The lowest BCUT2D eigenvalue weighted by Crippen LogP contribution is -2.26. The quantitative estimate of drug-likeness (QED) is 0.706. The molecule has 1 aromatic heterocycles. The molecule has 0 spiro atoms. The summed E-state index contributed by atoms with van der Waals surface area (Å²) in [6.45, 7) is 3.22. The second-order valence-electron chi connectivity index (χ2n) is 4.46. The van der Waals surface area contributed by atoms with Crippen molar-refractivity contribution in [1.29, 1.82) is 0 Å². The van der Waals surface area contributed by atoms with Gasteiger partial charge in [-0.2, -0.15) is 4.98 Å². The molecule has 4 N–H and O–H groups in total. The minimum absolute atomic E-state index is 0.370. The van der Waals surface area contributed by atoms with Crippen LogP contribution in [0.25, 0.3) is 0 Å². The molecule has 1 heterocycles. The molecule has 0 aliphatic heterocycles. The Morgan fingerprint density at radius 2 is 2.20 bits per heavy atom. The van der Waals surface area contributed by atoms with Crippen LogP contribution in [0.4, 0.5) is 11.9 Å². The molecule has 0 bridgehead atoms. The lowest BCUT2D eigenvalue weighted by atomic mass is 9.83. The normalized spacial score (nSPS) is 19.3. The first-order valence-electron chi connectivity index (χ1n) is 5.66. The van der Waals surface area contributed by atoms with Crippen molar-refractivity contribution in [3.8, 4) is 0 Å². The van der Waals surface area contributed by atoms with E-state index in [2.05, 4.69) is 27.4 Å². The molecule has 2 rings (SSSR count). The fraction of sp³-hybridized carbons (Fsp3) is 0.800. The Hall–Kier alpha value is -1.26. The van der Waals surface area contributed by atoms with Crippen LogP contribution in [0.15, 0.2) is 0 Å². The van der Waals surface area contributed by atoms with E-state index in [0.717, 1.165) is 6.54 Å². The fourth-order valence-electron chi connectivity index (χ4n) is 2.40. The summed E-state index contributed by atoms with van der Waals surface area (Å²) in [4.78, 5) is 4.04. The second-order valence-corrected chi connectivity index (χ2v) is 4.46. The van der Waals surface area contributed by atoms with Gasteiger partial charge in [0.1, 0.15) is 0 Å². The number of hydrogen-bond donors (Lipinski definition) is 3. The summed E-state index contributed by atoms with van der Waals surface area (Å²) in [5.74, 6) is 0.988. The third-order valence-electron chi connectivity index (χ3n) is 3.54. The molecule has 5 heteroatoms. The summed E-state index contributed by atoms with van der Waals surface area (Å²) in [5, 5.41) is 9.86. The van der Waals surface area contributed by atoms with Crippen molar-refractivity contribution in [1.82, 2.24) is 15.2 Å². The molecule has 84 valence electrons. The Morgan fingerprint density at radius 1 is 1.47 bits per heavy atom. The summed E-state index contributed by atoms with van der Waals surface area (Å²) < 4.78 is 0. The van der Waals surface area contributed by atoms with Gasteiger partial charge in [0.15, 0.2) is 0 Å². The Kier molecular flexibility index (Phi) is 2.79. The highest BCUT2D eigenvalue weighted by molar-refractivity contribution is 5.30. The summed E-state index contributed by atoms with van der Waals surface area (Å²) in [5.41, 5.74) is 5.91. The fourth-order valence-corrected chi connectivity index (χ4v) is 2.40. The minimum atomic E-state index is 0.370. The number of anilines is 2. The SMILES string of the molecule is CCC1(CNc2n[nH]c(N)n2)CCCC1. The van der Waals surface area contributed by atoms with E-state index < -0.39 is 0 Å². The van der Waals surface area contributed by atoms with Crippen molar-refractivity contribution in [2.75, 3.05) is 17.6 Å². The number of hydrogen-bond acceptors (Lipinski definition) is 4. The van der Waals surface area contributed by atoms with E-state index in [4.69, 9.17) is 5.73 Å². The molecule has 0 atom stereocenters. The lowest BCUT2D eigenvalue weighted by Gasteiger charge is -2.27. The Labute approximate surface area is 89.9 Å². The standard InChI is InChI=1S/C10H19N5/c1-2-10(5-3-4-6-10)7-12-9-13-8(11)14-15-9/h2-7H2,1H3,(H4,11,12,13,14,15). The number of aromatic nitrogens is 3. The predicted molar refractivity (Wildman–Crippen MR) is 60.5 cm³/mol. The highest BCUT2D eigenvalue weighted by Crippen LogP contribution is 2.40. The van der Waals surface area contributed by atoms with Crippen LogP contribution in [0.2, 0.25) is 0 Å². The molecule has 1 aliphatic rings. The van der Waals surface area contributed by atoms with E-state index in [-0.39, 0.29) is 0 Å².